The van der Waals surface area contributed by atoms with Gasteiger partial charge in [-0.25, -0.2) is 9.59 Å². The average Bonchev–Trinajstić information content (AvgIpc) is 2.95. The number of urea groups is 1. The maximum absolute atomic E-state index is 13.3. The molecule has 0 aliphatic carbocycles. The Morgan fingerprint density at radius 1 is 0.828 bits per heavy atom. The van der Waals surface area contributed by atoms with Gasteiger partial charge in [-0.05, 0) is 42.5 Å². The van der Waals surface area contributed by atoms with E-state index in [1.54, 1.807) is 39.9 Å². The van der Waals surface area contributed by atoms with Crippen molar-refractivity contribution in [1.29, 1.82) is 0 Å². The molecule has 0 radical (unpaired) electrons. The molecule has 0 fully saturated rings. The summed E-state index contributed by atoms with van der Waals surface area (Å²) in [4.78, 5) is 29.3. The minimum Gasteiger partial charge on any atom is -0.307 e. The molecule has 7 heteroatoms. The Morgan fingerprint density at radius 2 is 1.41 bits per heavy atom. The zero-order valence-electron chi connectivity index (χ0n) is 15.9. The molecule has 144 valence electrons. The second-order valence-electron chi connectivity index (χ2n) is 6.91. The smallest absolute Gasteiger partial charge is 0.307 e. The fourth-order valence-corrected chi connectivity index (χ4v) is 4.75. The van der Waals surface area contributed by atoms with Crippen LogP contribution in [0, 0.1) is 0 Å². The van der Waals surface area contributed by atoms with E-state index in [9.17, 15) is 9.59 Å². The third-order valence-corrected chi connectivity index (χ3v) is 6.29. The number of hydrogen-bond acceptors (Lipinski definition) is 3. The molecule has 3 aromatic carbocycles. The first kappa shape index (κ1) is 17.6. The highest BCUT2D eigenvalue weighted by Gasteiger charge is 2.28. The monoisotopic (exact) mass is 402 g/mol. The maximum Gasteiger partial charge on any atom is 0.331 e. The molecule has 2 heterocycles. The summed E-state index contributed by atoms with van der Waals surface area (Å²) < 4.78 is 3.17. The first-order chi connectivity index (χ1) is 14.0. The molecule has 0 saturated heterocycles. The Labute approximate surface area is 171 Å². The van der Waals surface area contributed by atoms with E-state index in [1.165, 1.54) is 0 Å². The predicted molar refractivity (Wildman–Crippen MR) is 116 cm³/mol. The second kappa shape index (κ2) is 6.56. The zero-order chi connectivity index (χ0) is 20.1. The van der Waals surface area contributed by atoms with Gasteiger partial charge < -0.3 is 5.32 Å². The van der Waals surface area contributed by atoms with Crippen molar-refractivity contribution in [2.75, 3.05) is 10.2 Å². The molecule has 1 N–H and O–H groups in total. The molecule has 2 amide bonds. The Hall–Kier alpha value is -3.45. The van der Waals surface area contributed by atoms with E-state index in [1.807, 2.05) is 66.7 Å². The summed E-state index contributed by atoms with van der Waals surface area (Å²) >= 11 is 1.66. The van der Waals surface area contributed by atoms with E-state index < -0.39 is 0 Å². The largest absolute Gasteiger partial charge is 0.331 e. The predicted octanol–water partition coefficient (Wildman–Crippen LogP) is 4.71. The van der Waals surface area contributed by atoms with E-state index >= 15 is 0 Å². The number of hydrogen-bond donors (Lipinski definition) is 1. The Kier molecular flexibility index (Phi) is 3.99. The van der Waals surface area contributed by atoms with Gasteiger partial charge in [0, 0.05) is 29.6 Å². The van der Waals surface area contributed by atoms with E-state index in [0.717, 1.165) is 32.2 Å². The van der Waals surface area contributed by atoms with Crippen molar-refractivity contribution in [3.8, 4) is 0 Å². The van der Waals surface area contributed by atoms with Crippen molar-refractivity contribution < 1.29 is 4.79 Å². The average molecular weight is 402 g/mol. The van der Waals surface area contributed by atoms with Crippen LogP contribution in [0.4, 0.5) is 21.9 Å². The number of nitrogens with zero attached hydrogens (tertiary/aromatic N) is 3. The second-order valence-corrected chi connectivity index (χ2v) is 7.99. The van der Waals surface area contributed by atoms with Gasteiger partial charge in [0.05, 0.1) is 22.4 Å². The topological polar surface area (TPSA) is 59.3 Å². The molecular formula is C22H18N4O2S. The minimum atomic E-state index is -0.245. The molecule has 0 unspecified atom stereocenters. The quantitative estimate of drug-likeness (QED) is 0.502. The zero-order valence-corrected chi connectivity index (χ0v) is 16.7. The van der Waals surface area contributed by atoms with Crippen molar-refractivity contribution in [2.45, 2.75) is 9.79 Å². The number of nitrogens with one attached hydrogen (secondary N) is 1. The van der Waals surface area contributed by atoms with Gasteiger partial charge >= 0.3 is 11.7 Å². The maximum atomic E-state index is 13.3. The van der Waals surface area contributed by atoms with Crippen LogP contribution >= 0.6 is 11.8 Å². The molecule has 29 heavy (non-hydrogen) atoms. The molecule has 1 aliphatic rings. The lowest BCUT2D eigenvalue weighted by atomic mass is 10.2. The van der Waals surface area contributed by atoms with Crippen molar-refractivity contribution in [1.82, 2.24) is 9.13 Å². The molecule has 4 aromatic rings. The lowest BCUT2D eigenvalue weighted by Crippen LogP contribution is -2.32. The Morgan fingerprint density at radius 3 is 2.07 bits per heavy atom. The molecule has 0 spiro atoms. The van der Waals surface area contributed by atoms with Crippen LogP contribution in [0.15, 0.2) is 81.3 Å². The summed E-state index contributed by atoms with van der Waals surface area (Å²) in [6.45, 7) is 0. The number of fused-ring (bicyclic) bond motifs is 3. The molecule has 6 nitrogen and oxygen atoms in total. The molecular weight excluding hydrogens is 384 g/mol. The minimum absolute atomic E-state index is 0.0978. The number of aromatic nitrogens is 2. The SMILES string of the molecule is Cn1c(=O)n(C)c2cc(NC(=O)N3c4ccccc4Sc4ccccc43)ccc21. The van der Waals surface area contributed by atoms with Crippen LogP contribution in [0.5, 0.6) is 0 Å². The summed E-state index contributed by atoms with van der Waals surface area (Å²) in [5, 5.41) is 2.99. The third kappa shape index (κ3) is 2.74. The van der Waals surface area contributed by atoms with Crippen LogP contribution in [0.3, 0.4) is 0 Å². The summed E-state index contributed by atoms with van der Waals surface area (Å²) in [6.07, 6.45) is 0. The van der Waals surface area contributed by atoms with Crippen LogP contribution in [0.1, 0.15) is 0 Å². The number of rotatable bonds is 1. The van der Waals surface area contributed by atoms with Gasteiger partial charge in [-0.15, -0.1) is 0 Å². The number of amides is 2. The summed E-state index contributed by atoms with van der Waals surface area (Å²) in [7, 11) is 3.47. The highest BCUT2D eigenvalue weighted by atomic mass is 32.2. The molecule has 1 aliphatic heterocycles. The van der Waals surface area contributed by atoms with Gasteiger partial charge in [0.25, 0.3) is 0 Å². The van der Waals surface area contributed by atoms with E-state index in [-0.39, 0.29) is 11.7 Å². The summed E-state index contributed by atoms with van der Waals surface area (Å²) in [5.41, 5.74) is 3.82. The van der Waals surface area contributed by atoms with Crippen LogP contribution in [0.2, 0.25) is 0 Å². The molecule has 0 saturated carbocycles. The molecule has 1 aromatic heterocycles. The third-order valence-electron chi connectivity index (χ3n) is 5.16. The number of benzene rings is 3. The number of anilines is 3. The first-order valence-corrected chi connectivity index (χ1v) is 9.99. The highest BCUT2D eigenvalue weighted by Crippen LogP contribution is 2.48. The first-order valence-electron chi connectivity index (χ1n) is 9.17. The fourth-order valence-electron chi connectivity index (χ4n) is 3.69. The Bertz CT molecular complexity index is 1290. The van der Waals surface area contributed by atoms with Crippen LogP contribution in [-0.4, -0.2) is 15.2 Å². The lowest BCUT2D eigenvalue weighted by Gasteiger charge is -2.31. The van der Waals surface area contributed by atoms with Crippen molar-refractivity contribution in [3.05, 3.63) is 77.2 Å². The lowest BCUT2D eigenvalue weighted by molar-refractivity contribution is 0.259. The number of imidazole rings is 1. The number of carbonyl (C=O) groups excluding carboxylic acids is 1. The molecule has 5 rings (SSSR count). The highest BCUT2D eigenvalue weighted by molar-refractivity contribution is 7.99. The summed E-state index contributed by atoms with van der Waals surface area (Å²) in [5.74, 6) is 0. The van der Waals surface area contributed by atoms with Gasteiger partial charge in [-0.3, -0.25) is 14.0 Å². The van der Waals surface area contributed by atoms with E-state index in [4.69, 9.17) is 0 Å². The van der Waals surface area contributed by atoms with Gasteiger partial charge in [0.2, 0.25) is 0 Å². The van der Waals surface area contributed by atoms with Gasteiger partial charge in [-0.1, -0.05) is 36.0 Å². The number of para-hydroxylation sites is 2. The standard InChI is InChI=1S/C22H18N4O2S/c1-24-15-12-11-14(13-18(15)25(2)22(24)28)23-21(27)26-16-7-3-5-9-19(16)29-20-10-6-4-8-17(20)26/h3-13H,1-2H3,(H,23,27). The van der Waals surface area contributed by atoms with Crippen LogP contribution in [0.25, 0.3) is 11.0 Å². The summed E-state index contributed by atoms with van der Waals surface area (Å²) in [6, 6.07) is 21.0. The van der Waals surface area contributed by atoms with Crippen molar-refractivity contribution in [3.63, 3.8) is 0 Å². The number of aryl methyl sites for hydroxylation is 2. The Balaban J connectivity index is 1.56. The van der Waals surface area contributed by atoms with Crippen LogP contribution in [-0.2, 0) is 14.1 Å². The van der Waals surface area contributed by atoms with Crippen molar-refractivity contribution >= 4 is 45.9 Å². The molecule has 0 bridgehead atoms. The van der Waals surface area contributed by atoms with Gasteiger partial charge in [0.15, 0.2) is 0 Å². The number of carbonyl (C=O) groups is 1. The van der Waals surface area contributed by atoms with E-state index in [0.29, 0.717) is 5.69 Å². The van der Waals surface area contributed by atoms with Crippen molar-refractivity contribution in [2.24, 2.45) is 14.1 Å². The molecule has 0 atom stereocenters. The normalized spacial score (nSPS) is 12.6. The van der Waals surface area contributed by atoms with Crippen LogP contribution < -0.4 is 15.9 Å². The van der Waals surface area contributed by atoms with Gasteiger partial charge in [0.1, 0.15) is 0 Å². The van der Waals surface area contributed by atoms with E-state index in [2.05, 4.69) is 5.32 Å². The fraction of sp³-hybridized carbons (Fsp3) is 0.0909. The van der Waals surface area contributed by atoms with Gasteiger partial charge in [-0.2, -0.15) is 0 Å².